The zero-order valence-corrected chi connectivity index (χ0v) is 13.7. The van der Waals surface area contributed by atoms with E-state index in [1.165, 1.54) is 76.8 Å². The molecule has 2 aliphatic rings. The Bertz CT molecular complexity index is 251. The second-order valence-electron chi connectivity index (χ2n) is 6.45. The van der Waals surface area contributed by atoms with E-state index < -0.39 is 0 Å². The average Bonchev–Trinajstić information content (AvgIpc) is 2.87. The maximum Gasteiger partial charge on any atom is 0.0309 e. The molecule has 0 aromatic rings. The summed E-state index contributed by atoms with van der Waals surface area (Å²) in [7, 11) is 0. The van der Waals surface area contributed by atoms with E-state index in [2.05, 4.69) is 23.4 Å². The fourth-order valence-electron chi connectivity index (χ4n) is 3.83. The molecule has 1 unspecified atom stereocenters. The fourth-order valence-corrected chi connectivity index (χ4v) is 4.32. The molecule has 0 aromatic carbocycles. The van der Waals surface area contributed by atoms with Gasteiger partial charge < -0.3 is 5.32 Å². The summed E-state index contributed by atoms with van der Waals surface area (Å²) in [5.74, 6) is 1.34. The predicted octanol–water partition coefficient (Wildman–Crippen LogP) is 3.52. The molecule has 1 aliphatic heterocycles. The standard InChI is InChI=1S/C16H32N2S/c1-3-15-13-17-16(9-5-6-10-16)14-18(15)11-7-4-8-12-19-2/h15,17H,3-14H2,1-2H3. The van der Waals surface area contributed by atoms with Crippen molar-refractivity contribution >= 4 is 11.8 Å². The molecule has 0 radical (unpaired) electrons. The van der Waals surface area contributed by atoms with Crippen molar-refractivity contribution in [2.75, 3.05) is 31.6 Å². The zero-order chi connectivity index (χ0) is 13.6. The van der Waals surface area contributed by atoms with Crippen LogP contribution in [0.5, 0.6) is 0 Å². The minimum absolute atomic E-state index is 0.491. The summed E-state index contributed by atoms with van der Waals surface area (Å²) >= 11 is 1.98. The monoisotopic (exact) mass is 284 g/mol. The number of rotatable bonds is 7. The van der Waals surface area contributed by atoms with E-state index in [0.29, 0.717) is 5.54 Å². The largest absolute Gasteiger partial charge is 0.308 e. The fraction of sp³-hybridized carbons (Fsp3) is 1.00. The third-order valence-electron chi connectivity index (χ3n) is 5.06. The van der Waals surface area contributed by atoms with Gasteiger partial charge in [-0.05, 0) is 50.7 Å². The summed E-state index contributed by atoms with van der Waals surface area (Å²) < 4.78 is 0. The minimum atomic E-state index is 0.491. The Morgan fingerprint density at radius 1 is 1.21 bits per heavy atom. The highest BCUT2D eigenvalue weighted by Crippen LogP contribution is 2.33. The van der Waals surface area contributed by atoms with Crippen LogP contribution in [0, 0.1) is 0 Å². The van der Waals surface area contributed by atoms with Crippen LogP contribution in [0.15, 0.2) is 0 Å². The van der Waals surface area contributed by atoms with Crippen LogP contribution in [0.25, 0.3) is 0 Å². The molecule has 19 heavy (non-hydrogen) atoms. The van der Waals surface area contributed by atoms with Crippen molar-refractivity contribution in [3.63, 3.8) is 0 Å². The Morgan fingerprint density at radius 2 is 2.00 bits per heavy atom. The second-order valence-corrected chi connectivity index (χ2v) is 7.44. The maximum atomic E-state index is 3.89. The molecule has 1 spiro atoms. The summed E-state index contributed by atoms with van der Waals surface area (Å²) in [5, 5.41) is 3.89. The van der Waals surface area contributed by atoms with Crippen LogP contribution in [0.3, 0.4) is 0 Å². The van der Waals surface area contributed by atoms with E-state index in [0.717, 1.165) is 6.04 Å². The highest BCUT2D eigenvalue weighted by molar-refractivity contribution is 7.98. The molecule has 0 bridgehead atoms. The molecule has 1 heterocycles. The van der Waals surface area contributed by atoms with Crippen molar-refractivity contribution < 1.29 is 0 Å². The van der Waals surface area contributed by atoms with Crippen LogP contribution in [0.4, 0.5) is 0 Å². The van der Waals surface area contributed by atoms with Crippen LogP contribution in [0.2, 0.25) is 0 Å². The highest BCUT2D eigenvalue weighted by Gasteiger charge is 2.40. The van der Waals surface area contributed by atoms with E-state index in [9.17, 15) is 0 Å². The summed E-state index contributed by atoms with van der Waals surface area (Å²) in [4.78, 5) is 2.81. The highest BCUT2D eigenvalue weighted by atomic mass is 32.2. The third kappa shape index (κ3) is 4.37. The first-order chi connectivity index (χ1) is 9.29. The Morgan fingerprint density at radius 3 is 2.68 bits per heavy atom. The van der Waals surface area contributed by atoms with Gasteiger partial charge in [0.05, 0.1) is 0 Å². The van der Waals surface area contributed by atoms with Crippen LogP contribution < -0.4 is 5.32 Å². The zero-order valence-electron chi connectivity index (χ0n) is 12.9. The number of hydrogen-bond donors (Lipinski definition) is 1. The van der Waals surface area contributed by atoms with Gasteiger partial charge in [0.2, 0.25) is 0 Å². The van der Waals surface area contributed by atoms with Gasteiger partial charge in [0, 0.05) is 24.7 Å². The first kappa shape index (κ1) is 15.7. The molecule has 1 N–H and O–H groups in total. The Balaban J connectivity index is 1.77. The maximum absolute atomic E-state index is 3.89. The summed E-state index contributed by atoms with van der Waals surface area (Å²) in [6.45, 7) is 6.21. The third-order valence-corrected chi connectivity index (χ3v) is 5.76. The smallest absolute Gasteiger partial charge is 0.0309 e. The van der Waals surface area contributed by atoms with Crippen LogP contribution in [0.1, 0.15) is 58.3 Å². The number of thioether (sulfide) groups is 1. The van der Waals surface area contributed by atoms with Gasteiger partial charge in [0.1, 0.15) is 0 Å². The lowest BCUT2D eigenvalue weighted by Gasteiger charge is -2.46. The van der Waals surface area contributed by atoms with Crippen LogP contribution in [-0.2, 0) is 0 Å². The van der Waals surface area contributed by atoms with Crippen molar-refractivity contribution in [2.45, 2.75) is 69.9 Å². The lowest BCUT2D eigenvalue weighted by atomic mass is 9.91. The van der Waals surface area contributed by atoms with Gasteiger partial charge in [-0.3, -0.25) is 4.90 Å². The molecule has 2 nitrogen and oxygen atoms in total. The van der Waals surface area contributed by atoms with Crippen LogP contribution >= 0.6 is 11.8 Å². The van der Waals surface area contributed by atoms with E-state index in [1.807, 2.05) is 11.8 Å². The van der Waals surface area contributed by atoms with Gasteiger partial charge in [-0.1, -0.05) is 26.2 Å². The predicted molar refractivity (Wildman–Crippen MR) is 87.1 cm³/mol. The van der Waals surface area contributed by atoms with Gasteiger partial charge in [-0.15, -0.1) is 0 Å². The number of nitrogens with zero attached hydrogens (tertiary/aromatic N) is 1. The van der Waals surface area contributed by atoms with Gasteiger partial charge >= 0.3 is 0 Å². The number of hydrogen-bond acceptors (Lipinski definition) is 3. The molecule has 1 atom stereocenters. The van der Waals surface area contributed by atoms with Gasteiger partial charge in [0.25, 0.3) is 0 Å². The molecule has 0 aromatic heterocycles. The summed E-state index contributed by atoms with van der Waals surface area (Å²) in [5.41, 5.74) is 0.491. The van der Waals surface area contributed by atoms with Gasteiger partial charge in [-0.2, -0.15) is 11.8 Å². The molecule has 1 saturated carbocycles. The van der Waals surface area contributed by atoms with Crippen molar-refractivity contribution in [3.8, 4) is 0 Å². The molecule has 1 saturated heterocycles. The molecule has 0 amide bonds. The summed E-state index contributed by atoms with van der Waals surface area (Å²) in [6, 6.07) is 0.784. The average molecular weight is 285 g/mol. The first-order valence-corrected chi connectivity index (χ1v) is 9.67. The topological polar surface area (TPSA) is 15.3 Å². The van der Waals surface area contributed by atoms with E-state index >= 15 is 0 Å². The summed E-state index contributed by atoms with van der Waals surface area (Å²) in [6.07, 6.45) is 13.4. The molecule has 2 fully saturated rings. The molecular formula is C16H32N2S. The Hall–Kier alpha value is 0.270. The van der Waals surface area contributed by atoms with Crippen molar-refractivity contribution in [1.29, 1.82) is 0 Å². The lowest BCUT2D eigenvalue weighted by molar-refractivity contribution is 0.0768. The van der Waals surface area contributed by atoms with Crippen molar-refractivity contribution in [2.24, 2.45) is 0 Å². The number of unbranched alkanes of at least 4 members (excludes halogenated alkanes) is 2. The normalized spacial score (nSPS) is 27.2. The van der Waals surface area contributed by atoms with Gasteiger partial charge in [0.15, 0.2) is 0 Å². The second kappa shape index (κ2) is 7.90. The van der Waals surface area contributed by atoms with Crippen LogP contribution in [-0.4, -0.2) is 48.1 Å². The van der Waals surface area contributed by atoms with E-state index in [4.69, 9.17) is 0 Å². The molecule has 1 aliphatic carbocycles. The molecule has 112 valence electrons. The Labute approximate surface area is 124 Å². The lowest BCUT2D eigenvalue weighted by Crippen LogP contribution is -2.63. The van der Waals surface area contributed by atoms with Crippen molar-refractivity contribution in [1.82, 2.24) is 10.2 Å². The van der Waals surface area contributed by atoms with E-state index in [-0.39, 0.29) is 0 Å². The minimum Gasteiger partial charge on any atom is -0.308 e. The number of nitrogens with one attached hydrogen (secondary N) is 1. The number of piperazine rings is 1. The quantitative estimate of drug-likeness (QED) is 0.720. The van der Waals surface area contributed by atoms with Gasteiger partial charge in [-0.25, -0.2) is 0 Å². The first-order valence-electron chi connectivity index (χ1n) is 8.28. The van der Waals surface area contributed by atoms with E-state index in [1.54, 1.807) is 0 Å². The molecule has 2 rings (SSSR count). The molecular weight excluding hydrogens is 252 g/mol. The van der Waals surface area contributed by atoms with Crippen molar-refractivity contribution in [3.05, 3.63) is 0 Å². The Kier molecular flexibility index (Phi) is 6.51. The molecule has 3 heteroatoms. The SMILES string of the molecule is CCC1CNC2(CCCC2)CN1CCCCCSC.